The van der Waals surface area contributed by atoms with Crippen molar-refractivity contribution in [3.63, 3.8) is 0 Å². The summed E-state index contributed by atoms with van der Waals surface area (Å²) in [6, 6.07) is 2.29. The fourth-order valence-electron chi connectivity index (χ4n) is 3.35. The highest BCUT2D eigenvalue weighted by molar-refractivity contribution is 5.24. The van der Waals surface area contributed by atoms with Crippen LogP contribution in [-0.4, -0.2) is 55.5 Å². The van der Waals surface area contributed by atoms with E-state index in [1.165, 1.54) is 18.5 Å². The topological polar surface area (TPSA) is 76.1 Å². The number of aryl methyl sites for hydroxylation is 1. The molecule has 2 aromatic rings. The Hall–Kier alpha value is -1.99. The van der Waals surface area contributed by atoms with Gasteiger partial charge < -0.3 is 10.3 Å². The summed E-state index contributed by atoms with van der Waals surface area (Å²) in [5.74, 6) is 1.34. The first kappa shape index (κ1) is 16.9. The Balaban J connectivity index is 1.54. The smallest absolute Gasteiger partial charge is 0.144 e. The second kappa shape index (κ2) is 7.72. The van der Waals surface area contributed by atoms with Crippen molar-refractivity contribution in [2.75, 3.05) is 25.9 Å². The van der Waals surface area contributed by atoms with E-state index in [1.54, 1.807) is 12.3 Å². The van der Waals surface area contributed by atoms with Crippen molar-refractivity contribution < 1.29 is 0 Å². The van der Waals surface area contributed by atoms with Crippen molar-refractivity contribution in [3.05, 3.63) is 36.3 Å². The Bertz CT molecular complexity index is 654. The minimum Gasteiger partial charge on any atom is -0.384 e. The molecule has 1 aliphatic heterocycles. The Kier molecular flexibility index (Phi) is 5.42. The summed E-state index contributed by atoms with van der Waals surface area (Å²) in [6.07, 6.45) is 9.15. The maximum absolute atomic E-state index is 5.75. The van der Waals surface area contributed by atoms with Gasteiger partial charge in [0.1, 0.15) is 11.6 Å². The Morgan fingerprint density at radius 2 is 2.21 bits per heavy atom. The van der Waals surface area contributed by atoms with Crippen LogP contribution in [0.2, 0.25) is 0 Å². The third-order valence-corrected chi connectivity index (χ3v) is 4.83. The van der Waals surface area contributed by atoms with E-state index in [0.717, 1.165) is 38.4 Å². The van der Waals surface area contributed by atoms with Gasteiger partial charge >= 0.3 is 0 Å². The van der Waals surface area contributed by atoms with Crippen LogP contribution >= 0.6 is 0 Å². The molecular formula is C17H27N7. The van der Waals surface area contributed by atoms with Crippen LogP contribution in [0.4, 0.5) is 5.82 Å². The van der Waals surface area contributed by atoms with Crippen LogP contribution < -0.4 is 5.73 Å². The van der Waals surface area contributed by atoms with Gasteiger partial charge in [0.2, 0.25) is 0 Å². The number of hydrogen-bond donors (Lipinski definition) is 1. The molecule has 3 heterocycles. The van der Waals surface area contributed by atoms with Gasteiger partial charge in [-0.2, -0.15) is 0 Å². The quantitative estimate of drug-likeness (QED) is 0.890. The molecule has 1 atom stereocenters. The predicted octanol–water partition coefficient (Wildman–Crippen LogP) is 1.28. The van der Waals surface area contributed by atoms with E-state index in [2.05, 4.69) is 43.4 Å². The molecule has 2 aromatic heterocycles. The predicted molar refractivity (Wildman–Crippen MR) is 94.0 cm³/mol. The second-order valence-electron chi connectivity index (χ2n) is 6.67. The number of likely N-dealkylation sites (tertiary alicyclic amines) is 1. The summed E-state index contributed by atoms with van der Waals surface area (Å²) in [4.78, 5) is 17.7. The summed E-state index contributed by atoms with van der Waals surface area (Å²) in [5.41, 5.74) is 7.02. The number of anilines is 1. The molecule has 0 radical (unpaired) electrons. The molecule has 1 saturated heterocycles. The molecule has 0 aliphatic carbocycles. The molecular weight excluding hydrogens is 302 g/mol. The summed E-state index contributed by atoms with van der Waals surface area (Å²) in [5, 5.41) is 0. The minimum absolute atomic E-state index is 0.539. The molecule has 2 N–H and O–H groups in total. The van der Waals surface area contributed by atoms with Crippen molar-refractivity contribution in [2.45, 2.75) is 38.4 Å². The molecule has 24 heavy (non-hydrogen) atoms. The standard InChI is InChI=1S/C17H27N7/c1-22(12-17-20-7-5-16(18)21-17)14-4-3-8-24(9-6-14)11-15-10-19-13-23(15)2/h5,7,10,13-14H,3-4,6,8-9,11-12H2,1-2H3,(H2,18,20,21). The van der Waals surface area contributed by atoms with Gasteiger partial charge in [-0.25, -0.2) is 15.0 Å². The minimum atomic E-state index is 0.539. The van der Waals surface area contributed by atoms with Crippen LogP contribution in [0.25, 0.3) is 0 Å². The van der Waals surface area contributed by atoms with Crippen molar-refractivity contribution in [1.82, 2.24) is 29.3 Å². The maximum atomic E-state index is 5.75. The van der Waals surface area contributed by atoms with E-state index < -0.39 is 0 Å². The molecule has 1 aliphatic rings. The Morgan fingerprint density at radius 1 is 1.33 bits per heavy atom. The highest BCUT2D eigenvalue weighted by Crippen LogP contribution is 2.18. The zero-order chi connectivity index (χ0) is 16.9. The third kappa shape index (κ3) is 4.30. The SMILES string of the molecule is CN(Cc1nccc(N)n1)C1CCCN(Cc2cncn2C)CC1. The van der Waals surface area contributed by atoms with Crippen LogP contribution in [0, 0.1) is 0 Å². The zero-order valence-corrected chi connectivity index (χ0v) is 14.6. The monoisotopic (exact) mass is 329 g/mol. The van der Waals surface area contributed by atoms with Gasteiger partial charge in [0, 0.05) is 38.6 Å². The van der Waals surface area contributed by atoms with Crippen molar-refractivity contribution in [3.8, 4) is 0 Å². The van der Waals surface area contributed by atoms with Gasteiger partial charge in [-0.1, -0.05) is 0 Å². The van der Waals surface area contributed by atoms with Crippen molar-refractivity contribution in [2.24, 2.45) is 7.05 Å². The largest absolute Gasteiger partial charge is 0.384 e. The van der Waals surface area contributed by atoms with Gasteiger partial charge in [-0.05, 0) is 38.9 Å². The summed E-state index contributed by atoms with van der Waals surface area (Å²) in [7, 11) is 4.22. The second-order valence-corrected chi connectivity index (χ2v) is 6.67. The lowest BCUT2D eigenvalue weighted by Gasteiger charge is -2.26. The molecule has 1 unspecified atom stereocenters. The van der Waals surface area contributed by atoms with Gasteiger partial charge in [-0.15, -0.1) is 0 Å². The molecule has 3 rings (SSSR count). The lowest BCUT2D eigenvalue weighted by atomic mass is 10.1. The number of hydrogen-bond acceptors (Lipinski definition) is 6. The highest BCUT2D eigenvalue weighted by atomic mass is 15.2. The number of aromatic nitrogens is 4. The molecule has 0 amide bonds. The fraction of sp³-hybridized carbons (Fsp3) is 0.588. The van der Waals surface area contributed by atoms with Gasteiger partial charge in [0.25, 0.3) is 0 Å². The van der Waals surface area contributed by atoms with Crippen LogP contribution in [0.3, 0.4) is 0 Å². The van der Waals surface area contributed by atoms with E-state index in [-0.39, 0.29) is 0 Å². The summed E-state index contributed by atoms with van der Waals surface area (Å²) in [6.45, 7) is 3.98. The first-order valence-electron chi connectivity index (χ1n) is 8.57. The lowest BCUT2D eigenvalue weighted by Crippen LogP contribution is -2.33. The number of nitrogens with two attached hydrogens (primary N) is 1. The average molecular weight is 329 g/mol. The van der Waals surface area contributed by atoms with Crippen LogP contribution in [0.5, 0.6) is 0 Å². The molecule has 7 nitrogen and oxygen atoms in total. The Morgan fingerprint density at radius 3 is 2.96 bits per heavy atom. The number of nitrogens with zero attached hydrogens (tertiary/aromatic N) is 6. The Labute approximate surface area is 143 Å². The van der Waals surface area contributed by atoms with Gasteiger partial charge in [-0.3, -0.25) is 9.80 Å². The fourth-order valence-corrected chi connectivity index (χ4v) is 3.35. The number of imidazole rings is 1. The molecule has 0 aromatic carbocycles. The number of nitrogen functional groups attached to an aromatic ring is 1. The third-order valence-electron chi connectivity index (χ3n) is 4.83. The van der Waals surface area contributed by atoms with Crippen molar-refractivity contribution in [1.29, 1.82) is 0 Å². The van der Waals surface area contributed by atoms with E-state index >= 15 is 0 Å². The highest BCUT2D eigenvalue weighted by Gasteiger charge is 2.21. The molecule has 0 spiro atoms. The first-order chi connectivity index (χ1) is 11.6. The van der Waals surface area contributed by atoms with Gasteiger partial charge in [0.15, 0.2) is 0 Å². The van der Waals surface area contributed by atoms with E-state index in [0.29, 0.717) is 11.9 Å². The van der Waals surface area contributed by atoms with Crippen molar-refractivity contribution >= 4 is 5.82 Å². The van der Waals surface area contributed by atoms with Crippen LogP contribution in [0.15, 0.2) is 24.8 Å². The lowest BCUT2D eigenvalue weighted by molar-refractivity contribution is 0.201. The van der Waals surface area contributed by atoms with E-state index in [9.17, 15) is 0 Å². The zero-order valence-electron chi connectivity index (χ0n) is 14.6. The summed E-state index contributed by atoms with van der Waals surface area (Å²) < 4.78 is 2.10. The van der Waals surface area contributed by atoms with Crippen LogP contribution in [0.1, 0.15) is 30.8 Å². The summed E-state index contributed by atoms with van der Waals surface area (Å²) >= 11 is 0. The van der Waals surface area contributed by atoms with Crippen LogP contribution in [-0.2, 0) is 20.1 Å². The number of rotatable bonds is 5. The average Bonchev–Trinajstić information content (AvgIpc) is 2.81. The first-order valence-corrected chi connectivity index (χ1v) is 8.57. The maximum Gasteiger partial charge on any atom is 0.144 e. The molecule has 0 saturated carbocycles. The molecule has 0 bridgehead atoms. The van der Waals surface area contributed by atoms with E-state index in [1.807, 2.05) is 12.5 Å². The molecule has 130 valence electrons. The van der Waals surface area contributed by atoms with Gasteiger partial charge in [0.05, 0.1) is 18.6 Å². The van der Waals surface area contributed by atoms with E-state index in [4.69, 9.17) is 5.73 Å². The molecule has 7 heteroatoms. The normalized spacial score (nSPS) is 19.5. The molecule has 1 fully saturated rings.